The lowest BCUT2D eigenvalue weighted by atomic mass is 9.85. The third-order valence-corrected chi connectivity index (χ3v) is 4.50. The number of hydrogen-bond acceptors (Lipinski definition) is 5. The quantitative estimate of drug-likeness (QED) is 0.805. The third kappa shape index (κ3) is 3.87. The summed E-state index contributed by atoms with van der Waals surface area (Å²) in [5.41, 5.74) is 0. The second-order valence-electron chi connectivity index (χ2n) is 6.22. The number of methoxy groups -OCH3 is 1. The van der Waals surface area contributed by atoms with Gasteiger partial charge in [-0.1, -0.05) is 13.3 Å². The summed E-state index contributed by atoms with van der Waals surface area (Å²) in [6.45, 7) is 2.79. The van der Waals surface area contributed by atoms with Crippen LogP contribution in [-0.4, -0.2) is 33.1 Å². The monoisotopic (exact) mass is 331 g/mol. The zero-order chi connectivity index (χ0) is 16.9. The lowest BCUT2D eigenvalue weighted by Crippen LogP contribution is -2.22. The Bertz CT molecular complexity index is 650. The third-order valence-electron chi connectivity index (χ3n) is 4.50. The van der Waals surface area contributed by atoms with Gasteiger partial charge in [0, 0.05) is 5.92 Å². The maximum Gasteiger partial charge on any atom is 0.188 e. The second kappa shape index (κ2) is 7.66. The lowest BCUT2D eigenvalue weighted by molar-refractivity contribution is 0.141. The van der Waals surface area contributed by atoms with E-state index in [9.17, 15) is 5.11 Å². The molecule has 1 aliphatic rings. The molecule has 1 aromatic heterocycles. The van der Waals surface area contributed by atoms with Crippen LogP contribution in [0.4, 0.5) is 0 Å². The van der Waals surface area contributed by atoms with E-state index < -0.39 is 0 Å². The van der Waals surface area contributed by atoms with Crippen molar-refractivity contribution in [3.63, 3.8) is 0 Å². The first kappa shape index (κ1) is 16.8. The van der Waals surface area contributed by atoms with Crippen LogP contribution in [0, 0.1) is 0 Å². The molecule has 1 saturated carbocycles. The highest BCUT2D eigenvalue weighted by atomic mass is 16.5. The van der Waals surface area contributed by atoms with Crippen LogP contribution in [-0.2, 0) is 13.2 Å². The minimum atomic E-state index is -0.388. The van der Waals surface area contributed by atoms with Gasteiger partial charge >= 0.3 is 0 Å². The lowest BCUT2D eigenvalue weighted by Gasteiger charge is -2.25. The van der Waals surface area contributed by atoms with Crippen LogP contribution in [0.2, 0.25) is 0 Å². The van der Waals surface area contributed by atoms with Gasteiger partial charge in [0.25, 0.3) is 0 Å². The van der Waals surface area contributed by atoms with Crippen molar-refractivity contribution in [2.24, 2.45) is 0 Å². The predicted octanol–water partition coefficient (Wildman–Crippen LogP) is 2.90. The van der Waals surface area contributed by atoms with Crippen LogP contribution in [0.15, 0.2) is 24.3 Å². The molecule has 0 radical (unpaired) electrons. The van der Waals surface area contributed by atoms with Crippen molar-refractivity contribution in [3.05, 3.63) is 35.9 Å². The van der Waals surface area contributed by atoms with Gasteiger partial charge in [-0.3, -0.25) is 0 Å². The number of rotatable bonds is 8. The first-order chi connectivity index (χ1) is 11.7. The Morgan fingerprint density at radius 2 is 1.96 bits per heavy atom. The first-order valence-corrected chi connectivity index (χ1v) is 8.58. The van der Waals surface area contributed by atoms with Crippen LogP contribution in [0.5, 0.6) is 11.5 Å². The number of aromatic nitrogens is 3. The summed E-state index contributed by atoms with van der Waals surface area (Å²) in [6, 6.07) is 7.45. The normalized spacial score (nSPS) is 15.8. The molecule has 1 atom stereocenters. The number of ether oxygens (including phenoxy) is 2. The zero-order valence-electron chi connectivity index (χ0n) is 14.3. The van der Waals surface area contributed by atoms with Gasteiger partial charge in [0.2, 0.25) is 0 Å². The molecule has 0 aliphatic heterocycles. The van der Waals surface area contributed by atoms with Crippen molar-refractivity contribution in [3.8, 4) is 11.5 Å². The van der Waals surface area contributed by atoms with Crippen molar-refractivity contribution in [1.82, 2.24) is 14.8 Å². The number of hydrogen-bond donors (Lipinski definition) is 1. The van der Waals surface area contributed by atoms with E-state index in [1.165, 1.54) is 6.42 Å². The number of nitrogens with zero attached hydrogens (tertiary/aromatic N) is 3. The Morgan fingerprint density at radius 1 is 1.25 bits per heavy atom. The molecule has 0 spiro atoms. The summed E-state index contributed by atoms with van der Waals surface area (Å²) >= 11 is 0. The molecule has 2 aromatic rings. The highest BCUT2D eigenvalue weighted by Crippen LogP contribution is 2.35. The van der Waals surface area contributed by atoms with E-state index in [-0.39, 0.29) is 6.10 Å². The SMILES string of the molecule is CC[C@@H](O)Cn1nc(COc2ccc(OC)cc2)nc1C1CCC1. The van der Waals surface area contributed by atoms with Crippen LogP contribution in [0.1, 0.15) is 50.2 Å². The molecule has 1 aromatic carbocycles. The Kier molecular flexibility index (Phi) is 5.35. The van der Waals surface area contributed by atoms with Crippen molar-refractivity contribution in [2.45, 2.75) is 57.8 Å². The molecular formula is C18H25N3O3. The van der Waals surface area contributed by atoms with Crippen molar-refractivity contribution in [2.75, 3.05) is 7.11 Å². The zero-order valence-corrected chi connectivity index (χ0v) is 14.3. The van der Waals surface area contributed by atoms with Gasteiger partial charge < -0.3 is 14.6 Å². The molecule has 0 amide bonds. The van der Waals surface area contributed by atoms with E-state index in [0.717, 1.165) is 30.2 Å². The van der Waals surface area contributed by atoms with E-state index in [1.54, 1.807) is 7.11 Å². The van der Waals surface area contributed by atoms with E-state index >= 15 is 0 Å². The molecule has 1 fully saturated rings. The summed E-state index contributed by atoms with van der Waals surface area (Å²) in [5, 5.41) is 14.5. The Morgan fingerprint density at radius 3 is 2.54 bits per heavy atom. The Labute approximate surface area is 142 Å². The average molecular weight is 331 g/mol. The molecule has 0 saturated heterocycles. The first-order valence-electron chi connectivity index (χ1n) is 8.58. The van der Waals surface area contributed by atoms with E-state index in [1.807, 2.05) is 35.9 Å². The van der Waals surface area contributed by atoms with Crippen molar-refractivity contribution < 1.29 is 14.6 Å². The van der Waals surface area contributed by atoms with Crippen LogP contribution >= 0.6 is 0 Å². The van der Waals surface area contributed by atoms with Gasteiger partial charge in [-0.15, -0.1) is 0 Å². The molecule has 6 nitrogen and oxygen atoms in total. The fraction of sp³-hybridized carbons (Fsp3) is 0.556. The van der Waals surface area contributed by atoms with E-state index in [4.69, 9.17) is 9.47 Å². The van der Waals surface area contributed by atoms with Crippen LogP contribution in [0.25, 0.3) is 0 Å². The molecule has 1 heterocycles. The summed E-state index contributed by atoms with van der Waals surface area (Å²) < 4.78 is 12.8. The molecule has 1 aliphatic carbocycles. The standard InChI is InChI=1S/C18H25N3O3/c1-3-14(22)11-21-18(13-5-4-6-13)19-17(20-21)12-24-16-9-7-15(23-2)8-10-16/h7-10,13-14,22H,3-6,11-12H2,1-2H3/t14-/m1/s1. The molecule has 0 unspecified atom stereocenters. The maximum absolute atomic E-state index is 9.94. The fourth-order valence-corrected chi connectivity index (χ4v) is 2.72. The molecule has 1 N–H and O–H groups in total. The maximum atomic E-state index is 9.94. The minimum absolute atomic E-state index is 0.321. The largest absolute Gasteiger partial charge is 0.497 e. The van der Waals surface area contributed by atoms with E-state index in [2.05, 4.69) is 10.1 Å². The fourth-order valence-electron chi connectivity index (χ4n) is 2.72. The van der Waals surface area contributed by atoms with Crippen molar-refractivity contribution in [1.29, 1.82) is 0 Å². The van der Waals surface area contributed by atoms with Crippen LogP contribution < -0.4 is 9.47 Å². The minimum Gasteiger partial charge on any atom is -0.497 e. The van der Waals surface area contributed by atoms with Gasteiger partial charge in [-0.25, -0.2) is 9.67 Å². The molecule has 24 heavy (non-hydrogen) atoms. The van der Waals surface area contributed by atoms with Gasteiger partial charge in [-0.05, 0) is 43.5 Å². The summed E-state index contributed by atoms with van der Waals surface area (Å²) in [4.78, 5) is 4.66. The Hall–Kier alpha value is -2.08. The smallest absolute Gasteiger partial charge is 0.188 e. The van der Waals surface area contributed by atoms with E-state index in [0.29, 0.717) is 31.3 Å². The topological polar surface area (TPSA) is 69.4 Å². The average Bonchev–Trinajstić information content (AvgIpc) is 2.94. The van der Waals surface area contributed by atoms with Crippen LogP contribution in [0.3, 0.4) is 0 Å². The Balaban J connectivity index is 1.67. The molecule has 3 rings (SSSR count). The predicted molar refractivity (Wildman–Crippen MR) is 90.2 cm³/mol. The molecular weight excluding hydrogens is 306 g/mol. The van der Waals surface area contributed by atoms with Gasteiger partial charge in [-0.2, -0.15) is 5.10 Å². The molecule has 130 valence electrons. The highest BCUT2D eigenvalue weighted by molar-refractivity contribution is 5.31. The summed E-state index contributed by atoms with van der Waals surface area (Å²) in [7, 11) is 1.64. The van der Waals surface area contributed by atoms with Gasteiger partial charge in [0.1, 0.15) is 23.9 Å². The second-order valence-corrected chi connectivity index (χ2v) is 6.22. The van der Waals surface area contributed by atoms with Gasteiger partial charge in [0.05, 0.1) is 19.8 Å². The number of benzene rings is 1. The number of aliphatic hydroxyl groups is 1. The molecule has 6 heteroatoms. The molecule has 0 bridgehead atoms. The van der Waals surface area contributed by atoms with Crippen molar-refractivity contribution >= 4 is 0 Å². The summed E-state index contributed by atoms with van der Waals surface area (Å²) in [5.74, 6) is 3.67. The number of aliphatic hydroxyl groups excluding tert-OH is 1. The summed E-state index contributed by atoms with van der Waals surface area (Å²) in [6.07, 6.45) is 3.87. The van der Waals surface area contributed by atoms with Gasteiger partial charge in [0.15, 0.2) is 5.82 Å². The highest BCUT2D eigenvalue weighted by Gasteiger charge is 2.26.